The van der Waals surface area contributed by atoms with Gasteiger partial charge in [-0.25, -0.2) is 0 Å². The van der Waals surface area contributed by atoms with Gasteiger partial charge in [-0.3, -0.25) is 9.59 Å². The van der Waals surface area contributed by atoms with Crippen molar-refractivity contribution in [1.82, 2.24) is 10.2 Å². The minimum atomic E-state index is -0.726. The molecular formula is C19H18Cl4N2O3. The summed E-state index contributed by atoms with van der Waals surface area (Å²) in [6.07, 6.45) is 0. The van der Waals surface area contributed by atoms with Crippen LogP contribution in [0.15, 0.2) is 36.4 Å². The first-order chi connectivity index (χ1) is 13.2. The Bertz CT molecular complexity index is 876. The molecular weight excluding hydrogens is 446 g/mol. The maximum Gasteiger partial charge on any atom is 0.261 e. The zero-order valence-corrected chi connectivity index (χ0v) is 18.2. The van der Waals surface area contributed by atoms with Crippen LogP contribution in [0.4, 0.5) is 0 Å². The lowest BCUT2D eigenvalue weighted by Crippen LogP contribution is -2.48. The normalized spacial score (nSPS) is 11.6. The van der Waals surface area contributed by atoms with Crippen LogP contribution in [0.2, 0.25) is 20.1 Å². The molecule has 9 heteroatoms. The molecule has 5 nitrogen and oxygen atoms in total. The fourth-order valence-corrected chi connectivity index (χ4v) is 3.22. The van der Waals surface area contributed by atoms with Crippen molar-refractivity contribution in [3.05, 3.63) is 62.1 Å². The molecule has 1 N–H and O–H groups in total. The van der Waals surface area contributed by atoms with E-state index >= 15 is 0 Å². The van der Waals surface area contributed by atoms with E-state index in [0.29, 0.717) is 20.8 Å². The van der Waals surface area contributed by atoms with Crippen molar-refractivity contribution in [2.45, 2.75) is 19.5 Å². The van der Waals surface area contributed by atoms with E-state index < -0.39 is 11.9 Å². The highest BCUT2D eigenvalue weighted by Gasteiger charge is 2.26. The van der Waals surface area contributed by atoms with Gasteiger partial charge >= 0.3 is 0 Å². The number of halogens is 4. The number of nitrogens with one attached hydrogen (secondary N) is 1. The Labute approximate surface area is 183 Å². The first-order valence-electron chi connectivity index (χ1n) is 8.25. The summed E-state index contributed by atoms with van der Waals surface area (Å²) in [4.78, 5) is 26.3. The third-order valence-corrected chi connectivity index (χ3v) is 5.27. The monoisotopic (exact) mass is 462 g/mol. The Morgan fingerprint density at radius 2 is 1.75 bits per heavy atom. The van der Waals surface area contributed by atoms with E-state index in [-0.39, 0.29) is 24.1 Å². The lowest BCUT2D eigenvalue weighted by molar-refractivity contribution is -0.142. The predicted molar refractivity (Wildman–Crippen MR) is 112 cm³/mol. The summed E-state index contributed by atoms with van der Waals surface area (Å²) in [7, 11) is 1.50. The van der Waals surface area contributed by atoms with E-state index in [2.05, 4.69) is 5.32 Å². The van der Waals surface area contributed by atoms with Gasteiger partial charge in [-0.1, -0.05) is 52.5 Å². The van der Waals surface area contributed by atoms with Crippen molar-refractivity contribution in [3.63, 3.8) is 0 Å². The lowest BCUT2D eigenvalue weighted by atomic mass is 10.1. The van der Waals surface area contributed by atoms with Crippen molar-refractivity contribution in [1.29, 1.82) is 0 Å². The quantitative estimate of drug-likeness (QED) is 0.638. The summed E-state index contributed by atoms with van der Waals surface area (Å²) in [5, 5.41) is 4.05. The van der Waals surface area contributed by atoms with Crippen LogP contribution in [-0.2, 0) is 16.1 Å². The van der Waals surface area contributed by atoms with Gasteiger partial charge in [0.25, 0.3) is 5.91 Å². The second-order valence-electron chi connectivity index (χ2n) is 5.92. The molecule has 0 heterocycles. The molecule has 2 aromatic carbocycles. The number of carbonyl (C=O) groups is 2. The molecule has 0 saturated heterocycles. The van der Waals surface area contributed by atoms with Crippen molar-refractivity contribution < 1.29 is 14.3 Å². The standard InChI is InChI=1S/C19H18Cl4N2O3/c1-11(19(27)24-2)25(9-12-3-5-14(21)15(22)7-12)18(26)10-28-17-6-4-13(20)8-16(17)23/h3-8,11H,9-10H2,1-2H3,(H,24,27)/t11-/m1/s1. The van der Waals surface area contributed by atoms with Gasteiger partial charge in [-0.15, -0.1) is 0 Å². The molecule has 2 aromatic rings. The molecule has 0 radical (unpaired) electrons. The molecule has 0 unspecified atom stereocenters. The molecule has 28 heavy (non-hydrogen) atoms. The second kappa shape index (κ2) is 10.2. The van der Waals surface area contributed by atoms with Crippen LogP contribution in [0.1, 0.15) is 12.5 Å². The highest BCUT2D eigenvalue weighted by atomic mass is 35.5. The molecule has 0 saturated carbocycles. The molecule has 1 atom stereocenters. The Balaban J connectivity index is 2.18. The zero-order valence-electron chi connectivity index (χ0n) is 15.1. The SMILES string of the molecule is CNC(=O)[C@@H](C)N(Cc1ccc(Cl)c(Cl)c1)C(=O)COc1ccc(Cl)cc1Cl. The molecule has 2 amide bonds. The third kappa shape index (κ3) is 5.92. The Hall–Kier alpha value is -1.66. The van der Waals surface area contributed by atoms with Crippen LogP contribution in [0.25, 0.3) is 0 Å². The van der Waals surface area contributed by atoms with Gasteiger partial charge in [0, 0.05) is 18.6 Å². The number of hydrogen-bond donors (Lipinski definition) is 1. The molecule has 0 bridgehead atoms. The van der Waals surface area contributed by atoms with E-state index in [9.17, 15) is 9.59 Å². The van der Waals surface area contributed by atoms with Gasteiger partial charge in [-0.2, -0.15) is 0 Å². The fraction of sp³-hybridized carbons (Fsp3) is 0.263. The number of nitrogens with zero attached hydrogens (tertiary/aromatic N) is 1. The number of hydrogen-bond acceptors (Lipinski definition) is 3. The maximum atomic E-state index is 12.8. The van der Waals surface area contributed by atoms with E-state index in [1.807, 2.05) is 0 Å². The number of benzene rings is 2. The van der Waals surface area contributed by atoms with Gasteiger partial charge in [0.15, 0.2) is 6.61 Å². The van der Waals surface area contributed by atoms with Gasteiger partial charge < -0.3 is 15.0 Å². The Morgan fingerprint density at radius 1 is 1.04 bits per heavy atom. The lowest BCUT2D eigenvalue weighted by Gasteiger charge is -2.28. The van der Waals surface area contributed by atoms with E-state index in [1.165, 1.54) is 18.0 Å². The van der Waals surface area contributed by atoms with E-state index in [4.69, 9.17) is 51.1 Å². The topological polar surface area (TPSA) is 58.6 Å². The maximum absolute atomic E-state index is 12.8. The molecule has 0 aliphatic carbocycles. The van der Waals surface area contributed by atoms with Gasteiger partial charge in [-0.05, 0) is 42.8 Å². The predicted octanol–water partition coefficient (Wildman–Crippen LogP) is 4.84. The first kappa shape index (κ1) is 22.6. The smallest absolute Gasteiger partial charge is 0.261 e. The first-order valence-corrected chi connectivity index (χ1v) is 9.77. The van der Waals surface area contributed by atoms with Crippen LogP contribution in [0.5, 0.6) is 5.75 Å². The summed E-state index contributed by atoms with van der Waals surface area (Å²) in [5.41, 5.74) is 0.725. The third-order valence-electron chi connectivity index (χ3n) is 4.00. The molecule has 150 valence electrons. The molecule has 0 aliphatic rings. The second-order valence-corrected chi connectivity index (χ2v) is 7.58. The van der Waals surface area contributed by atoms with Crippen LogP contribution in [0, 0.1) is 0 Å². The van der Waals surface area contributed by atoms with Crippen molar-refractivity contribution >= 4 is 58.2 Å². The average Bonchev–Trinajstić information content (AvgIpc) is 2.66. The largest absolute Gasteiger partial charge is 0.482 e. The van der Waals surface area contributed by atoms with Gasteiger partial charge in [0.1, 0.15) is 11.8 Å². The number of amides is 2. The number of carbonyl (C=O) groups excluding carboxylic acids is 2. The summed E-state index contributed by atoms with van der Waals surface area (Å²) >= 11 is 23.9. The summed E-state index contributed by atoms with van der Waals surface area (Å²) in [6, 6.07) is 8.99. The molecule has 0 fully saturated rings. The average molecular weight is 464 g/mol. The summed E-state index contributed by atoms with van der Waals surface area (Å²) in [5.74, 6) is -0.382. The molecule has 0 aromatic heterocycles. The van der Waals surface area contributed by atoms with Crippen molar-refractivity contribution in [2.75, 3.05) is 13.7 Å². The Kier molecular flexibility index (Phi) is 8.25. The van der Waals surface area contributed by atoms with Gasteiger partial charge in [0.2, 0.25) is 5.91 Å². The minimum absolute atomic E-state index is 0.155. The van der Waals surface area contributed by atoms with Crippen molar-refractivity contribution in [2.24, 2.45) is 0 Å². The fourth-order valence-electron chi connectivity index (χ4n) is 2.44. The molecule has 0 spiro atoms. The van der Waals surface area contributed by atoms with Crippen molar-refractivity contribution in [3.8, 4) is 5.75 Å². The highest BCUT2D eigenvalue weighted by Crippen LogP contribution is 2.28. The van der Waals surface area contributed by atoms with Gasteiger partial charge in [0.05, 0.1) is 15.1 Å². The molecule has 0 aliphatic heterocycles. The van der Waals surface area contributed by atoms with Crippen LogP contribution < -0.4 is 10.1 Å². The van der Waals surface area contributed by atoms with E-state index in [0.717, 1.165) is 5.56 Å². The van der Waals surface area contributed by atoms with Crippen LogP contribution in [-0.4, -0.2) is 36.4 Å². The number of ether oxygens (including phenoxy) is 1. The zero-order chi connectivity index (χ0) is 20.8. The number of likely N-dealkylation sites (N-methyl/N-ethyl adjacent to an activating group) is 1. The molecule has 2 rings (SSSR count). The van der Waals surface area contributed by atoms with E-state index in [1.54, 1.807) is 37.3 Å². The van der Waals surface area contributed by atoms with Crippen LogP contribution >= 0.6 is 46.4 Å². The minimum Gasteiger partial charge on any atom is -0.482 e. The number of rotatable bonds is 7. The summed E-state index contributed by atoms with van der Waals surface area (Å²) in [6.45, 7) is 1.48. The summed E-state index contributed by atoms with van der Waals surface area (Å²) < 4.78 is 5.52. The Morgan fingerprint density at radius 3 is 2.36 bits per heavy atom. The highest BCUT2D eigenvalue weighted by molar-refractivity contribution is 6.42. The van der Waals surface area contributed by atoms with Crippen LogP contribution in [0.3, 0.4) is 0 Å².